The molecule has 94 valence electrons. The van der Waals surface area contributed by atoms with Crippen molar-refractivity contribution in [1.82, 2.24) is 0 Å². The molecule has 18 heavy (non-hydrogen) atoms. The third-order valence-corrected chi connectivity index (χ3v) is 3.11. The lowest BCUT2D eigenvalue weighted by atomic mass is 9.93. The van der Waals surface area contributed by atoms with Gasteiger partial charge in [-0.15, -0.1) is 0 Å². The molecule has 0 saturated carbocycles. The molecule has 0 aliphatic heterocycles. The van der Waals surface area contributed by atoms with Gasteiger partial charge in [-0.3, -0.25) is 0 Å². The molecule has 0 saturated heterocycles. The summed E-state index contributed by atoms with van der Waals surface area (Å²) in [6.07, 6.45) is 0.817. The Labute approximate surface area is 108 Å². The first kappa shape index (κ1) is 12.7. The van der Waals surface area contributed by atoms with Crippen LogP contribution in [0.25, 0.3) is 0 Å². The molecule has 0 aliphatic carbocycles. The monoisotopic (exact) mass is 242 g/mol. The van der Waals surface area contributed by atoms with Crippen molar-refractivity contribution >= 4 is 0 Å². The Morgan fingerprint density at radius 2 is 1.83 bits per heavy atom. The average molecular weight is 242 g/mol. The lowest BCUT2D eigenvalue weighted by molar-refractivity contribution is 0.264. The van der Waals surface area contributed by atoms with Crippen LogP contribution in [-0.4, -0.2) is 18.8 Å². The van der Waals surface area contributed by atoms with E-state index < -0.39 is 0 Å². The summed E-state index contributed by atoms with van der Waals surface area (Å²) in [7, 11) is 1.67. The zero-order valence-corrected chi connectivity index (χ0v) is 10.5. The fraction of sp³-hybridized carbons (Fsp3) is 0.250. The van der Waals surface area contributed by atoms with E-state index in [0.29, 0.717) is 0 Å². The van der Waals surface area contributed by atoms with E-state index in [4.69, 9.17) is 4.74 Å². The first-order chi connectivity index (χ1) is 8.83. The van der Waals surface area contributed by atoms with Gasteiger partial charge >= 0.3 is 0 Å². The smallest absolute Gasteiger partial charge is 0.119 e. The maximum atomic E-state index is 9.54. The first-order valence-electron chi connectivity index (χ1n) is 6.12. The summed E-state index contributed by atoms with van der Waals surface area (Å²) in [6, 6.07) is 18.1. The van der Waals surface area contributed by atoms with Crippen LogP contribution in [0.3, 0.4) is 0 Å². The summed E-state index contributed by atoms with van der Waals surface area (Å²) in [6.45, 7) is 0.154. The molecule has 1 N–H and O–H groups in total. The number of benzene rings is 2. The highest BCUT2D eigenvalue weighted by Gasteiger charge is 2.11. The Kier molecular flexibility index (Phi) is 4.37. The highest BCUT2D eigenvalue weighted by Crippen LogP contribution is 2.22. The Bertz CT molecular complexity index is 479. The van der Waals surface area contributed by atoms with E-state index >= 15 is 0 Å². The molecule has 2 heteroatoms. The molecule has 0 bridgehead atoms. The van der Waals surface area contributed by atoms with Gasteiger partial charge in [-0.05, 0) is 29.7 Å². The molecule has 2 aromatic carbocycles. The molecular formula is C16H18O2. The number of aliphatic hydroxyl groups excluding tert-OH is 1. The number of ether oxygens (including phenoxy) is 1. The SMILES string of the molecule is COc1cccc(CC(CO)c2ccccc2)c1. The number of aliphatic hydroxyl groups is 1. The summed E-state index contributed by atoms with van der Waals surface area (Å²) in [5.41, 5.74) is 2.35. The van der Waals surface area contributed by atoms with Crippen LogP contribution in [0.15, 0.2) is 54.6 Å². The van der Waals surface area contributed by atoms with Crippen LogP contribution in [0.5, 0.6) is 5.75 Å². The normalized spacial score (nSPS) is 12.1. The van der Waals surface area contributed by atoms with Crippen molar-refractivity contribution in [2.75, 3.05) is 13.7 Å². The van der Waals surface area contributed by atoms with E-state index in [1.54, 1.807) is 7.11 Å². The third kappa shape index (κ3) is 3.11. The second-order valence-corrected chi connectivity index (χ2v) is 4.35. The molecule has 2 nitrogen and oxygen atoms in total. The second kappa shape index (κ2) is 6.22. The Balaban J connectivity index is 2.15. The molecule has 0 amide bonds. The van der Waals surface area contributed by atoms with E-state index in [0.717, 1.165) is 12.2 Å². The quantitative estimate of drug-likeness (QED) is 0.873. The second-order valence-electron chi connectivity index (χ2n) is 4.35. The molecule has 2 aromatic rings. The zero-order valence-electron chi connectivity index (χ0n) is 10.5. The van der Waals surface area contributed by atoms with Crippen LogP contribution in [0.4, 0.5) is 0 Å². The van der Waals surface area contributed by atoms with E-state index in [-0.39, 0.29) is 12.5 Å². The zero-order chi connectivity index (χ0) is 12.8. The molecule has 0 fully saturated rings. The van der Waals surface area contributed by atoms with Gasteiger partial charge in [-0.2, -0.15) is 0 Å². The Morgan fingerprint density at radius 1 is 1.06 bits per heavy atom. The van der Waals surface area contributed by atoms with Crippen LogP contribution in [0, 0.1) is 0 Å². The molecule has 0 heterocycles. The van der Waals surface area contributed by atoms with Gasteiger partial charge in [-0.1, -0.05) is 42.5 Å². The van der Waals surface area contributed by atoms with Crippen molar-refractivity contribution in [2.45, 2.75) is 12.3 Å². The Hall–Kier alpha value is -1.80. The van der Waals surface area contributed by atoms with Gasteiger partial charge in [0.15, 0.2) is 0 Å². The molecule has 0 aromatic heterocycles. The van der Waals surface area contributed by atoms with Crippen molar-refractivity contribution in [2.24, 2.45) is 0 Å². The minimum absolute atomic E-state index is 0.137. The topological polar surface area (TPSA) is 29.5 Å². The van der Waals surface area contributed by atoms with Crippen LogP contribution >= 0.6 is 0 Å². The largest absolute Gasteiger partial charge is 0.497 e. The lowest BCUT2D eigenvalue weighted by Crippen LogP contribution is -2.07. The molecule has 1 atom stereocenters. The number of rotatable bonds is 5. The van der Waals surface area contributed by atoms with E-state index in [2.05, 4.69) is 18.2 Å². The van der Waals surface area contributed by atoms with Gasteiger partial charge in [0.05, 0.1) is 13.7 Å². The van der Waals surface area contributed by atoms with Gasteiger partial charge in [-0.25, -0.2) is 0 Å². The lowest BCUT2D eigenvalue weighted by Gasteiger charge is -2.15. The van der Waals surface area contributed by atoms with Crippen LogP contribution in [0.2, 0.25) is 0 Å². The summed E-state index contributed by atoms with van der Waals surface area (Å²) in [5, 5.41) is 9.54. The van der Waals surface area contributed by atoms with Gasteiger partial charge in [0.2, 0.25) is 0 Å². The first-order valence-corrected chi connectivity index (χ1v) is 6.12. The van der Waals surface area contributed by atoms with E-state index in [1.807, 2.05) is 36.4 Å². The highest BCUT2D eigenvalue weighted by atomic mass is 16.5. The number of hydrogen-bond acceptors (Lipinski definition) is 2. The average Bonchev–Trinajstić information content (AvgIpc) is 2.46. The van der Waals surface area contributed by atoms with Gasteiger partial charge in [0.1, 0.15) is 5.75 Å². The minimum atomic E-state index is 0.137. The fourth-order valence-corrected chi connectivity index (χ4v) is 2.10. The highest BCUT2D eigenvalue weighted by molar-refractivity contribution is 5.31. The van der Waals surface area contributed by atoms with Crippen molar-refractivity contribution in [3.63, 3.8) is 0 Å². The van der Waals surface area contributed by atoms with Gasteiger partial charge < -0.3 is 9.84 Å². The van der Waals surface area contributed by atoms with E-state index in [1.165, 1.54) is 11.1 Å². The maximum Gasteiger partial charge on any atom is 0.119 e. The summed E-state index contributed by atoms with van der Waals surface area (Å²) in [4.78, 5) is 0. The summed E-state index contributed by atoms with van der Waals surface area (Å²) in [5.74, 6) is 0.996. The summed E-state index contributed by atoms with van der Waals surface area (Å²) < 4.78 is 5.21. The molecule has 2 rings (SSSR count). The third-order valence-electron chi connectivity index (χ3n) is 3.11. The van der Waals surface area contributed by atoms with E-state index in [9.17, 15) is 5.11 Å². The summed E-state index contributed by atoms with van der Waals surface area (Å²) >= 11 is 0. The standard InChI is InChI=1S/C16H18O2/c1-18-16-9-5-6-13(11-16)10-15(12-17)14-7-3-2-4-8-14/h2-9,11,15,17H,10,12H2,1H3. The number of methoxy groups -OCH3 is 1. The van der Waals surface area contributed by atoms with Crippen molar-refractivity contribution in [1.29, 1.82) is 0 Å². The maximum absolute atomic E-state index is 9.54. The molecule has 0 spiro atoms. The van der Waals surface area contributed by atoms with Crippen molar-refractivity contribution < 1.29 is 9.84 Å². The van der Waals surface area contributed by atoms with Crippen molar-refractivity contribution in [3.05, 3.63) is 65.7 Å². The number of hydrogen-bond donors (Lipinski definition) is 1. The van der Waals surface area contributed by atoms with Gasteiger partial charge in [0.25, 0.3) is 0 Å². The predicted octanol–water partition coefficient (Wildman–Crippen LogP) is 3.01. The molecule has 0 aliphatic rings. The Morgan fingerprint density at radius 3 is 2.50 bits per heavy atom. The van der Waals surface area contributed by atoms with Crippen LogP contribution in [0.1, 0.15) is 17.0 Å². The molecule has 1 unspecified atom stereocenters. The minimum Gasteiger partial charge on any atom is -0.497 e. The van der Waals surface area contributed by atoms with Crippen molar-refractivity contribution in [3.8, 4) is 5.75 Å². The van der Waals surface area contributed by atoms with Crippen LogP contribution < -0.4 is 4.74 Å². The predicted molar refractivity (Wildman–Crippen MR) is 73.0 cm³/mol. The molecule has 0 radical (unpaired) electrons. The van der Waals surface area contributed by atoms with Crippen LogP contribution in [-0.2, 0) is 6.42 Å². The van der Waals surface area contributed by atoms with Gasteiger partial charge in [0, 0.05) is 5.92 Å². The fourth-order valence-electron chi connectivity index (χ4n) is 2.10. The molecular weight excluding hydrogens is 224 g/mol.